The first kappa shape index (κ1) is 50.0. The first-order valence-corrected chi connectivity index (χ1v) is 23.1. The molecule has 18 nitrogen and oxygen atoms in total. The molecule has 0 aliphatic carbocycles. The van der Waals surface area contributed by atoms with Crippen LogP contribution in [0.25, 0.3) is 22.4 Å². The quantitative estimate of drug-likeness (QED) is 0.114. The smallest absolute Gasteiger partial charge is 0.410 e. The van der Waals surface area contributed by atoms with E-state index in [9.17, 15) is 33.6 Å². The fraction of sp³-hybridized carbons (Fsp3) is 0.551. The fourth-order valence-electron chi connectivity index (χ4n) is 9.17. The molecule has 3 aliphatic rings. The number of hydrogen-bond acceptors (Lipinski definition) is 11. The molecule has 0 radical (unpaired) electrons. The van der Waals surface area contributed by atoms with Gasteiger partial charge in [-0.2, -0.15) is 0 Å². The summed E-state index contributed by atoms with van der Waals surface area (Å²) in [7, 11) is 2.49. The minimum atomic E-state index is -0.955. The number of amides is 6. The van der Waals surface area contributed by atoms with Crippen LogP contribution in [-0.4, -0.2) is 137 Å². The Labute approximate surface area is 392 Å². The summed E-state index contributed by atoms with van der Waals surface area (Å²) in [4.78, 5) is 105. The highest BCUT2D eigenvalue weighted by Gasteiger charge is 2.51. The molecule has 3 saturated heterocycles. The topological polar surface area (TPSA) is 222 Å². The molecule has 4 atom stereocenters. The number of aromatic nitrogens is 2. The molecule has 67 heavy (non-hydrogen) atoms. The maximum atomic E-state index is 14.2. The summed E-state index contributed by atoms with van der Waals surface area (Å²) in [6.07, 6.45) is 2.94. The van der Waals surface area contributed by atoms with Crippen LogP contribution in [-0.2, 0) is 28.6 Å². The second-order valence-corrected chi connectivity index (χ2v) is 19.5. The van der Waals surface area contributed by atoms with Gasteiger partial charge in [0.1, 0.15) is 29.6 Å². The molecule has 3 aliphatic heterocycles. The molecule has 4 N–H and O–H groups in total. The van der Waals surface area contributed by atoms with Crippen molar-refractivity contribution in [2.45, 2.75) is 110 Å². The Morgan fingerprint density at radius 3 is 1.85 bits per heavy atom. The van der Waals surface area contributed by atoms with Crippen LogP contribution in [0.5, 0.6) is 0 Å². The Kier molecular flexibility index (Phi) is 15.7. The van der Waals surface area contributed by atoms with Crippen LogP contribution >= 0.6 is 0 Å². The number of alkyl carbamates (subject to hydrolysis) is 2. The van der Waals surface area contributed by atoms with E-state index in [1.807, 2.05) is 77.2 Å². The Morgan fingerprint density at radius 1 is 0.776 bits per heavy atom. The Morgan fingerprint density at radius 2 is 1.31 bits per heavy atom. The average molecular weight is 927 g/mol. The number of nitrogens with one attached hydrogen (secondary N) is 4. The van der Waals surface area contributed by atoms with Crippen molar-refractivity contribution < 1.29 is 47.8 Å². The number of piperidine rings is 1. The summed E-state index contributed by atoms with van der Waals surface area (Å²) in [6, 6.07) is 12.1. The van der Waals surface area contributed by atoms with Crippen LogP contribution in [0.15, 0.2) is 54.7 Å². The number of aromatic amines is 1. The highest BCUT2D eigenvalue weighted by molar-refractivity contribution is 6.01. The van der Waals surface area contributed by atoms with Crippen molar-refractivity contribution in [3.05, 3.63) is 66.1 Å². The molecule has 0 saturated carbocycles. The number of rotatable bonds is 13. The number of H-pyrrole nitrogens is 1. The third-order valence-corrected chi connectivity index (χ3v) is 12.9. The first-order chi connectivity index (χ1) is 31.7. The highest BCUT2D eigenvalue weighted by atomic mass is 16.6. The predicted molar refractivity (Wildman–Crippen MR) is 248 cm³/mol. The van der Waals surface area contributed by atoms with Gasteiger partial charge in [0.15, 0.2) is 5.78 Å². The van der Waals surface area contributed by atoms with Crippen molar-refractivity contribution in [2.75, 3.05) is 46.9 Å². The molecule has 2 aromatic carbocycles. The number of imidazole rings is 1. The lowest BCUT2D eigenvalue weighted by atomic mass is 9.76. The van der Waals surface area contributed by atoms with Crippen molar-refractivity contribution in [1.82, 2.24) is 40.6 Å². The van der Waals surface area contributed by atoms with E-state index in [0.717, 1.165) is 35.2 Å². The molecule has 1 aromatic heterocycles. The third-order valence-electron chi connectivity index (χ3n) is 12.9. The number of carbonyl (C=O) groups is 7. The lowest BCUT2D eigenvalue weighted by Crippen LogP contribution is -2.55. The van der Waals surface area contributed by atoms with E-state index in [0.29, 0.717) is 50.3 Å². The van der Waals surface area contributed by atoms with Gasteiger partial charge in [-0.3, -0.25) is 19.2 Å². The normalized spacial score (nSPS) is 18.9. The number of hydrogen-bond donors (Lipinski definition) is 4. The number of likely N-dealkylation sites (tertiary alicyclic amines) is 3. The maximum Gasteiger partial charge on any atom is 0.410 e. The van der Waals surface area contributed by atoms with Crippen molar-refractivity contribution in [1.29, 1.82) is 0 Å². The van der Waals surface area contributed by atoms with Crippen molar-refractivity contribution in [2.24, 2.45) is 17.3 Å². The van der Waals surface area contributed by atoms with E-state index in [1.165, 1.54) is 19.1 Å². The minimum absolute atomic E-state index is 0.140. The summed E-state index contributed by atoms with van der Waals surface area (Å²) in [5.41, 5.74) is 2.66. The Bertz CT molecular complexity index is 2280. The molecule has 3 fully saturated rings. The fourth-order valence-corrected chi connectivity index (χ4v) is 9.17. The summed E-state index contributed by atoms with van der Waals surface area (Å²) >= 11 is 0. The Balaban J connectivity index is 1.08. The van der Waals surface area contributed by atoms with Gasteiger partial charge in [-0.05, 0) is 81.3 Å². The number of benzene rings is 2. The van der Waals surface area contributed by atoms with E-state index < -0.39 is 59.2 Å². The molecule has 0 bridgehead atoms. The second kappa shape index (κ2) is 21.0. The highest BCUT2D eigenvalue weighted by Crippen LogP contribution is 2.44. The van der Waals surface area contributed by atoms with Gasteiger partial charge in [-0.15, -0.1) is 0 Å². The van der Waals surface area contributed by atoms with E-state index in [4.69, 9.17) is 19.2 Å². The third kappa shape index (κ3) is 11.9. The van der Waals surface area contributed by atoms with Gasteiger partial charge in [-0.25, -0.2) is 19.4 Å². The molecule has 362 valence electrons. The summed E-state index contributed by atoms with van der Waals surface area (Å²) in [5.74, 6) is -1.17. The van der Waals surface area contributed by atoms with Gasteiger partial charge in [0.25, 0.3) is 0 Å². The lowest BCUT2D eigenvalue weighted by Gasteiger charge is -2.39. The number of methoxy groups -OCH3 is 2. The molecule has 3 aromatic rings. The number of ether oxygens (including phenoxy) is 3. The molecule has 18 heteroatoms. The largest absolute Gasteiger partial charge is 0.453 e. The van der Waals surface area contributed by atoms with Crippen LogP contribution < -0.4 is 16.0 Å². The van der Waals surface area contributed by atoms with E-state index in [-0.39, 0.29) is 42.7 Å². The maximum absolute atomic E-state index is 14.2. The minimum Gasteiger partial charge on any atom is -0.453 e. The van der Waals surface area contributed by atoms with E-state index in [1.54, 1.807) is 35.8 Å². The number of nitrogens with zero attached hydrogens (tertiary/aromatic N) is 4. The second-order valence-electron chi connectivity index (χ2n) is 19.5. The van der Waals surface area contributed by atoms with E-state index in [2.05, 4.69) is 20.9 Å². The zero-order valence-electron chi connectivity index (χ0n) is 40.1. The van der Waals surface area contributed by atoms with Crippen LogP contribution in [0.1, 0.15) is 103 Å². The van der Waals surface area contributed by atoms with Gasteiger partial charge in [-0.1, -0.05) is 76.2 Å². The van der Waals surface area contributed by atoms with Crippen molar-refractivity contribution >= 4 is 41.8 Å². The molecule has 2 unspecified atom stereocenters. The van der Waals surface area contributed by atoms with Crippen LogP contribution in [0.2, 0.25) is 0 Å². The molecular weight excluding hydrogens is 861 g/mol. The zero-order valence-corrected chi connectivity index (χ0v) is 40.1. The van der Waals surface area contributed by atoms with Gasteiger partial charge >= 0.3 is 18.3 Å². The van der Waals surface area contributed by atoms with Gasteiger partial charge < -0.3 is 49.8 Å². The monoisotopic (exact) mass is 926 g/mol. The predicted octanol–water partition coefficient (Wildman–Crippen LogP) is 6.09. The van der Waals surface area contributed by atoms with Crippen LogP contribution in [0, 0.1) is 17.3 Å². The van der Waals surface area contributed by atoms with Crippen molar-refractivity contribution in [3.8, 4) is 22.4 Å². The molecule has 1 spiro atoms. The van der Waals surface area contributed by atoms with Crippen molar-refractivity contribution in [3.63, 3.8) is 0 Å². The van der Waals surface area contributed by atoms with Crippen LogP contribution in [0.3, 0.4) is 0 Å². The molecule has 6 amide bonds. The number of Topliss-reactive ketones (excluding diaryl/α,β-unsaturated/α-hetero) is 1. The summed E-state index contributed by atoms with van der Waals surface area (Å²) in [5, 5.41) is 8.09. The zero-order chi connectivity index (χ0) is 48.8. The molecular formula is C49H66N8O10. The van der Waals surface area contributed by atoms with Gasteiger partial charge in [0, 0.05) is 43.5 Å². The standard InChI is InChI=1S/C49H66N8O10/c1-29(2)39(53-45(62)65-8)43(60)56-22-10-11-36(56)41-50-26-35(52-41)33-16-12-31(13-17-33)32-14-18-34(19-15-32)38(58)27-51-42(59)37-25-49(20-23-55(24-21-49)47(64)67-48(5,6)7)28-57(37)44(61)40(30(3)4)54-46(63)66-9/h12-19,26,29-30,36-37,39-40H,10-11,20-25,27-28H2,1-9H3,(H,50,52)(H,51,59)(H,53,62)(H,54,63)/t36?,37?,39-,40-/m0/s1. The van der Waals surface area contributed by atoms with E-state index >= 15 is 0 Å². The van der Waals surface area contributed by atoms with Gasteiger partial charge in [0.05, 0.1) is 32.5 Å². The summed E-state index contributed by atoms with van der Waals surface area (Å²) < 4.78 is 15.1. The SMILES string of the molecule is COC(=O)N[C@H](C(=O)N1CC2(CCN(C(=O)OC(C)(C)C)CC2)CC1C(=O)NCC(=O)c1ccc(-c2ccc(-c3c[nH]c(C4CCCN4C(=O)[C@@H](NC(=O)OC)C(C)C)n3)cc2)cc1)C(C)C. The molecule has 4 heterocycles. The first-order valence-electron chi connectivity index (χ1n) is 23.1. The number of carbonyl (C=O) groups excluding carboxylic acids is 7. The van der Waals surface area contributed by atoms with Gasteiger partial charge in [0.2, 0.25) is 17.7 Å². The van der Waals surface area contributed by atoms with Crippen LogP contribution in [0.4, 0.5) is 14.4 Å². The summed E-state index contributed by atoms with van der Waals surface area (Å²) in [6.45, 7) is 14.1. The Hall–Kier alpha value is -6.46. The lowest BCUT2D eigenvalue weighted by molar-refractivity contribution is -0.140. The molecule has 6 rings (SSSR count). The average Bonchev–Trinajstić information content (AvgIpc) is 4.08. The number of ketones is 1.